The number of nitrogens with zero attached hydrogens (tertiary/aromatic N) is 2. The van der Waals surface area contributed by atoms with E-state index in [0.717, 1.165) is 94.2 Å². The smallest absolute Gasteiger partial charge is 0.143 e. The second kappa shape index (κ2) is 12.0. The van der Waals surface area contributed by atoms with E-state index in [2.05, 4.69) is 191 Å². The highest BCUT2D eigenvalue weighted by atomic mass is 16.3. The molecule has 0 radical (unpaired) electrons. The molecule has 12 aromatic rings. The second-order valence-corrected chi connectivity index (χ2v) is 14.4. The summed E-state index contributed by atoms with van der Waals surface area (Å²) >= 11 is 0. The number of para-hydroxylation sites is 5. The topological polar surface area (TPSA) is 34.5 Å². The van der Waals surface area contributed by atoms with Crippen molar-refractivity contribution < 1.29 is 8.83 Å². The predicted molar refractivity (Wildman–Crippen MR) is 233 cm³/mol. The largest absolute Gasteiger partial charge is 0.456 e. The van der Waals surface area contributed by atoms with E-state index in [-0.39, 0.29) is 0 Å². The second-order valence-electron chi connectivity index (χ2n) is 14.4. The van der Waals surface area contributed by atoms with Gasteiger partial charge in [0, 0.05) is 38.0 Å². The third kappa shape index (κ3) is 4.47. The van der Waals surface area contributed by atoms with Crippen molar-refractivity contribution >= 4 is 93.5 Å². The molecule has 0 aliphatic heterocycles. The Morgan fingerprint density at radius 2 is 0.982 bits per heavy atom. The van der Waals surface area contributed by atoms with E-state index < -0.39 is 0 Å². The lowest BCUT2D eigenvalue weighted by Crippen LogP contribution is -2.13. The highest BCUT2D eigenvalue weighted by Crippen LogP contribution is 2.47. The first-order valence-corrected chi connectivity index (χ1v) is 19.0. The summed E-state index contributed by atoms with van der Waals surface area (Å²) in [7, 11) is 0. The van der Waals surface area contributed by atoms with E-state index in [1.165, 1.54) is 16.2 Å². The summed E-state index contributed by atoms with van der Waals surface area (Å²) in [5, 5.41) is 9.16. The molecule has 12 rings (SSSR count). The van der Waals surface area contributed by atoms with Crippen LogP contribution in [-0.2, 0) is 0 Å². The number of fused-ring (bicyclic) bond motifs is 11. The van der Waals surface area contributed by atoms with Crippen molar-refractivity contribution in [1.29, 1.82) is 0 Å². The minimum atomic E-state index is 0.853. The van der Waals surface area contributed by atoms with E-state index in [1.807, 2.05) is 12.1 Å². The molecule has 0 saturated heterocycles. The van der Waals surface area contributed by atoms with Gasteiger partial charge in [-0.3, -0.25) is 0 Å². The molecule has 0 unspecified atom stereocenters. The molecular formula is C52H32N2O2. The molecule has 0 amide bonds. The number of anilines is 3. The molecule has 3 heterocycles. The minimum absolute atomic E-state index is 0.853. The average molecular weight is 717 g/mol. The van der Waals surface area contributed by atoms with Crippen LogP contribution in [0.15, 0.2) is 203 Å². The first kappa shape index (κ1) is 30.9. The Bertz CT molecular complexity index is 3440. The summed E-state index contributed by atoms with van der Waals surface area (Å²) in [4.78, 5) is 2.40. The fraction of sp³-hybridized carbons (Fsp3) is 0. The van der Waals surface area contributed by atoms with Gasteiger partial charge in [0.25, 0.3) is 0 Å². The Balaban J connectivity index is 1.10. The van der Waals surface area contributed by atoms with Crippen molar-refractivity contribution in [2.45, 2.75) is 0 Å². The van der Waals surface area contributed by atoms with E-state index in [4.69, 9.17) is 8.83 Å². The molecule has 0 spiro atoms. The highest BCUT2D eigenvalue weighted by Gasteiger charge is 2.24. The molecule has 0 aliphatic carbocycles. The molecule has 0 fully saturated rings. The molecule has 4 heteroatoms. The van der Waals surface area contributed by atoms with Gasteiger partial charge in [0.05, 0.1) is 33.5 Å². The number of aromatic nitrogens is 1. The van der Waals surface area contributed by atoms with E-state index in [1.54, 1.807) is 0 Å². The molecule has 0 N–H and O–H groups in total. The van der Waals surface area contributed by atoms with Crippen LogP contribution in [0.25, 0.3) is 93.3 Å². The van der Waals surface area contributed by atoms with Crippen LogP contribution in [0.1, 0.15) is 0 Å². The maximum Gasteiger partial charge on any atom is 0.143 e. The third-order valence-electron chi connectivity index (χ3n) is 11.4. The van der Waals surface area contributed by atoms with Crippen LogP contribution in [0, 0.1) is 0 Å². The monoisotopic (exact) mass is 716 g/mol. The zero-order valence-electron chi connectivity index (χ0n) is 30.2. The van der Waals surface area contributed by atoms with Crippen LogP contribution in [0.5, 0.6) is 0 Å². The van der Waals surface area contributed by atoms with Crippen molar-refractivity contribution in [3.8, 4) is 16.8 Å². The quantitative estimate of drug-likeness (QED) is 0.178. The van der Waals surface area contributed by atoms with Crippen LogP contribution in [0.3, 0.4) is 0 Å². The number of hydrogen-bond donors (Lipinski definition) is 0. The van der Waals surface area contributed by atoms with E-state index in [0.29, 0.717) is 0 Å². The molecular weight excluding hydrogens is 685 g/mol. The zero-order valence-corrected chi connectivity index (χ0v) is 30.2. The molecule has 262 valence electrons. The number of benzene rings is 9. The lowest BCUT2D eigenvalue weighted by molar-refractivity contribution is 0.669. The maximum atomic E-state index is 6.56. The van der Waals surface area contributed by atoms with Crippen LogP contribution >= 0.6 is 0 Å². The Morgan fingerprint density at radius 3 is 1.79 bits per heavy atom. The molecule has 0 saturated carbocycles. The van der Waals surface area contributed by atoms with Crippen molar-refractivity contribution in [3.05, 3.63) is 194 Å². The van der Waals surface area contributed by atoms with Crippen molar-refractivity contribution in [1.82, 2.24) is 4.57 Å². The van der Waals surface area contributed by atoms with Gasteiger partial charge in [0.2, 0.25) is 0 Å². The van der Waals surface area contributed by atoms with Gasteiger partial charge < -0.3 is 18.3 Å². The summed E-state index contributed by atoms with van der Waals surface area (Å²) < 4.78 is 15.4. The number of hydrogen-bond acceptors (Lipinski definition) is 3. The number of furan rings is 2. The van der Waals surface area contributed by atoms with Crippen molar-refractivity contribution in [2.24, 2.45) is 0 Å². The average Bonchev–Trinajstić information content (AvgIpc) is 3.95. The van der Waals surface area contributed by atoms with Crippen LogP contribution < -0.4 is 4.90 Å². The first-order valence-electron chi connectivity index (χ1n) is 19.0. The van der Waals surface area contributed by atoms with Gasteiger partial charge in [-0.2, -0.15) is 0 Å². The lowest BCUT2D eigenvalue weighted by Gasteiger charge is -2.29. The fourth-order valence-electron chi connectivity index (χ4n) is 8.96. The van der Waals surface area contributed by atoms with Gasteiger partial charge in [0.15, 0.2) is 0 Å². The van der Waals surface area contributed by atoms with E-state index in [9.17, 15) is 0 Å². The van der Waals surface area contributed by atoms with Crippen LogP contribution in [-0.4, -0.2) is 4.57 Å². The molecule has 0 aliphatic rings. The SMILES string of the molecule is c1ccc(-n2c3ccccc3c3ccccc32)c(N(c2ccc(-c3cccc4oc5c6ccccc6ccc5c34)cc2)c2cccc3oc4ccccc4c23)c1. The summed E-state index contributed by atoms with van der Waals surface area (Å²) in [5.74, 6) is 0. The zero-order chi connectivity index (χ0) is 36.7. The van der Waals surface area contributed by atoms with Gasteiger partial charge in [-0.05, 0) is 83.2 Å². The molecule has 56 heavy (non-hydrogen) atoms. The molecule has 3 aromatic heterocycles. The highest BCUT2D eigenvalue weighted by molar-refractivity contribution is 6.19. The predicted octanol–water partition coefficient (Wildman–Crippen LogP) is 14.9. The van der Waals surface area contributed by atoms with Gasteiger partial charge in [-0.25, -0.2) is 0 Å². The van der Waals surface area contributed by atoms with Gasteiger partial charge in [-0.15, -0.1) is 0 Å². The van der Waals surface area contributed by atoms with Crippen molar-refractivity contribution in [2.75, 3.05) is 4.90 Å². The Morgan fingerprint density at radius 1 is 0.375 bits per heavy atom. The Kier molecular flexibility index (Phi) is 6.60. The Hall–Kier alpha value is -7.56. The van der Waals surface area contributed by atoms with Crippen molar-refractivity contribution in [3.63, 3.8) is 0 Å². The summed E-state index contributed by atoms with van der Waals surface area (Å²) in [6.07, 6.45) is 0. The Labute approximate surface area is 321 Å². The molecule has 9 aromatic carbocycles. The van der Waals surface area contributed by atoms with Gasteiger partial charge in [-0.1, -0.05) is 127 Å². The van der Waals surface area contributed by atoms with Gasteiger partial charge in [0.1, 0.15) is 22.3 Å². The first-order chi connectivity index (χ1) is 27.8. The van der Waals surface area contributed by atoms with E-state index >= 15 is 0 Å². The standard InChI is InChI=1S/C52H32N2O2/c1-2-14-37-33(13-1)29-32-41-50-36(18-11-25-48(50)56-52(37)41)34-27-30-35(31-28-34)53(46-23-12-26-49-51(46)40-17-5-10-24-47(40)55-49)44-21-8-9-22-45(44)54-42-19-6-3-15-38(42)39-16-4-7-20-43(39)54/h1-32H. The number of rotatable bonds is 5. The maximum absolute atomic E-state index is 6.56. The fourth-order valence-corrected chi connectivity index (χ4v) is 8.96. The summed E-state index contributed by atoms with van der Waals surface area (Å²) in [5.41, 5.74) is 12.3. The molecule has 0 bridgehead atoms. The lowest BCUT2D eigenvalue weighted by atomic mass is 9.98. The molecule has 0 atom stereocenters. The normalized spacial score (nSPS) is 11.9. The molecule has 4 nitrogen and oxygen atoms in total. The summed E-state index contributed by atoms with van der Waals surface area (Å²) in [6.45, 7) is 0. The summed E-state index contributed by atoms with van der Waals surface area (Å²) in [6, 6.07) is 69.0. The third-order valence-corrected chi connectivity index (χ3v) is 11.4. The van der Waals surface area contributed by atoms with Gasteiger partial charge >= 0.3 is 0 Å². The minimum Gasteiger partial charge on any atom is -0.456 e. The van der Waals surface area contributed by atoms with Crippen LogP contribution in [0.2, 0.25) is 0 Å². The van der Waals surface area contributed by atoms with Crippen LogP contribution in [0.4, 0.5) is 17.1 Å².